The number of carboxylic acids is 1. The van der Waals surface area contributed by atoms with Crippen molar-refractivity contribution in [1.82, 2.24) is 10.2 Å². The van der Waals surface area contributed by atoms with Crippen LogP contribution in [-0.2, 0) is 9.53 Å². The normalized spacial score (nSPS) is 25.4. The number of ether oxygens (including phenoxy) is 2. The summed E-state index contributed by atoms with van der Waals surface area (Å²) in [6.07, 6.45) is -8.21. The van der Waals surface area contributed by atoms with Gasteiger partial charge in [0.15, 0.2) is 12.3 Å². The average Bonchev–Trinajstić information content (AvgIpc) is 2.77. The van der Waals surface area contributed by atoms with Crippen LogP contribution in [0, 0.1) is 0 Å². The van der Waals surface area contributed by atoms with Gasteiger partial charge in [0.25, 0.3) is 5.91 Å². The summed E-state index contributed by atoms with van der Waals surface area (Å²) in [6.45, 7) is 7.01. The van der Waals surface area contributed by atoms with E-state index in [2.05, 4.69) is 31.5 Å². The van der Waals surface area contributed by atoms with E-state index in [0.29, 0.717) is 23.2 Å². The second-order valence-corrected chi connectivity index (χ2v) is 8.10. The lowest BCUT2D eigenvalue weighted by Crippen LogP contribution is -2.61. The van der Waals surface area contributed by atoms with Crippen LogP contribution in [0.15, 0.2) is 16.6 Å². The summed E-state index contributed by atoms with van der Waals surface area (Å²) in [5.41, 5.74) is 0.590. The largest absolute Gasteiger partial charge is 0.496 e. The Kier molecular flexibility index (Phi) is 9.67. The molecule has 1 saturated heterocycles. The summed E-state index contributed by atoms with van der Waals surface area (Å²) in [6, 6.07) is 3.00. The molecule has 1 heterocycles. The zero-order chi connectivity index (χ0) is 24.0. The van der Waals surface area contributed by atoms with Crippen LogP contribution in [0.2, 0.25) is 0 Å². The molecule has 5 atom stereocenters. The first-order valence-electron chi connectivity index (χ1n) is 10.2. The maximum absolute atomic E-state index is 12.6. The maximum Gasteiger partial charge on any atom is 0.335 e. The summed E-state index contributed by atoms with van der Waals surface area (Å²) in [5.74, 6) is -1.58. The van der Waals surface area contributed by atoms with E-state index in [1.165, 1.54) is 19.2 Å². The quantitative estimate of drug-likeness (QED) is 0.245. The molecule has 12 heteroatoms. The van der Waals surface area contributed by atoms with Gasteiger partial charge in [0.05, 0.1) is 18.4 Å². The Morgan fingerprint density at radius 2 is 1.81 bits per heavy atom. The van der Waals surface area contributed by atoms with Crippen molar-refractivity contribution in [2.75, 3.05) is 38.6 Å². The van der Waals surface area contributed by atoms with Crippen molar-refractivity contribution >= 4 is 33.5 Å². The van der Waals surface area contributed by atoms with Crippen LogP contribution in [0.3, 0.4) is 0 Å². The third-order valence-corrected chi connectivity index (χ3v) is 5.95. The number of halogens is 1. The molecule has 6 N–H and O–H groups in total. The number of amides is 1. The topological polar surface area (TPSA) is 161 Å². The minimum absolute atomic E-state index is 0.233. The van der Waals surface area contributed by atoms with Crippen LogP contribution in [0.4, 0.5) is 5.69 Å². The van der Waals surface area contributed by atoms with Crippen molar-refractivity contribution in [3.05, 3.63) is 22.2 Å². The summed E-state index contributed by atoms with van der Waals surface area (Å²) < 4.78 is 11.0. The first-order valence-corrected chi connectivity index (χ1v) is 11.0. The van der Waals surface area contributed by atoms with Crippen molar-refractivity contribution in [2.24, 2.45) is 0 Å². The minimum atomic E-state index is -1.79. The van der Waals surface area contributed by atoms with Gasteiger partial charge < -0.3 is 45.4 Å². The fourth-order valence-electron chi connectivity index (χ4n) is 3.33. The molecule has 0 saturated carbocycles. The Balaban J connectivity index is 2.17. The van der Waals surface area contributed by atoms with E-state index in [-0.39, 0.29) is 17.2 Å². The summed E-state index contributed by atoms with van der Waals surface area (Å²) in [7, 11) is 1.40. The molecule has 1 fully saturated rings. The molecule has 0 aromatic heterocycles. The molecule has 1 aliphatic rings. The summed E-state index contributed by atoms with van der Waals surface area (Å²) >= 11 is 3.34. The van der Waals surface area contributed by atoms with Gasteiger partial charge in [0.2, 0.25) is 0 Å². The Morgan fingerprint density at radius 1 is 1.16 bits per heavy atom. The van der Waals surface area contributed by atoms with Crippen LogP contribution in [0.1, 0.15) is 24.2 Å². The summed E-state index contributed by atoms with van der Waals surface area (Å²) in [4.78, 5) is 26.1. The molecule has 0 spiro atoms. The Hall–Kier alpha value is -1.96. The molecular formula is C20H30BrN3O8. The van der Waals surface area contributed by atoms with Crippen molar-refractivity contribution in [3.63, 3.8) is 0 Å². The molecule has 1 aromatic rings. The molecule has 1 aromatic carbocycles. The van der Waals surface area contributed by atoms with Crippen LogP contribution in [0.5, 0.6) is 5.75 Å². The monoisotopic (exact) mass is 519 g/mol. The molecule has 1 amide bonds. The highest BCUT2D eigenvalue weighted by Crippen LogP contribution is 2.33. The first-order chi connectivity index (χ1) is 15.1. The highest BCUT2D eigenvalue weighted by Gasteiger charge is 2.47. The SMILES string of the molecule is CCN(CC)CCNC(=O)c1cc(Br)c(N[C@@H]2O[C@H](C(=O)O)[C@@H](O)[C@H](O)[C@H]2O)cc1OC. The van der Waals surface area contributed by atoms with E-state index in [9.17, 15) is 30.0 Å². The molecule has 0 radical (unpaired) electrons. The summed E-state index contributed by atoms with van der Waals surface area (Å²) in [5, 5.41) is 44.8. The van der Waals surface area contributed by atoms with Crippen molar-refractivity contribution in [3.8, 4) is 5.75 Å². The van der Waals surface area contributed by atoms with Crippen LogP contribution < -0.4 is 15.4 Å². The van der Waals surface area contributed by atoms with Crippen LogP contribution in [0.25, 0.3) is 0 Å². The van der Waals surface area contributed by atoms with Gasteiger partial charge in [-0.05, 0) is 35.1 Å². The number of carbonyl (C=O) groups excluding carboxylic acids is 1. The van der Waals surface area contributed by atoms with E-state index in [0.717, 1.165) is 13.1 Å². The van der Waals surface area contributed by atoms with Gasteiger partial charge in [0, 0.05) is 23.6 Å². The molecule has 2 rings (SSSR count). The standard InChI is InChI=1S/C20H30BrN3O8/c1-4-24(5-2)7-6-22-18(28)10-8-11(21)12(9-13(10)31-3)23-19-16(27)14(25)15(26)17(32-19)20(29)30/h8-9,14-17,19,23,25-27H,4-7H2,1-3H3,(H,22,28)(H,29,30)/t14-,15-,16+,17-,19+/m0/s1. The van der Waals surface area contributed by atoms with E-state index < -0.39 is 36.6 Å². The van der Waals surface area contributed by atoms with E-state index in [1.807, 2.05) is 13.8 Å². The molecular weight excluding hydrogens is 490 g/mol. The Labute approximate surface area is 194 Å². The number of nitrogens with zero attached hydrogens (tertiary/aromatic N) is 1. The molecule has 0 bridgehead atoms. The lowest BCUT2D eigenvalue weighted by molar-refractivity contribution is -0.221. The predicted octanol–water partition coefficient (Wildman–Crippen LogP) is -0.167. The molecule has 180 valence electrons. The molecule has 32 heavy (non-hydrogen) atoms. The van der Waals surface area contributed by atoms with E-state index >= 15 is 0 Å². The third kappa shape index (κ3) is 6.09. The third-order valence-electron chi connectivity index (χ3n) is 5.30. The molecule has 1 aliphatic heterocycles. The number of hydrogen-bond donors (Lipinski definition) is 6. The predicted molar refractivity (Wildman–Crippen MR) is 119 cm³/mol. The number of nitrogens with one attached hydrogen (secondary N) is 2. The van der Waals surface area contributed by atoms with Gasteiger partial charge in [0.1, 0.15) is 24.1 Å². The molecule has 0 aliphatic carbocycles. The number of rotatable bonds is 10. The van der Waals surface area contributed by atoms with Gasteiger partial charge in [-0.3, -0.25) is 4.79 Å². The number of carbonyl (C=O) groups is 2. The zero-order valence-electron chi connectivity index (χ0n) is 18.1. The average molecular weight is 520 g/mol. The first kappa shape index (κ1) is 26.3. The smallest absolute Gasteiger partial charge is 0.335 e. The lowest BCUT2D eigenvalue weighted by Gasteiger charge is -2.39. The number of hydrogen-bond acceptors (Lipinski definition) is 9. The van der Waals surface area contributed by atoms with Crippen molar-refractivity contribution in [2.45, 2.75) is 44.5 Å². The maximum atomic E-state index is 12.6. The van der Waals surface area contributed by atoms with Gasteiger partial charge in [-0.2, -0.15) is 0 Å². The number of benzene rings is 1. The van der Waals surface area contributed by atoms with E-state index in [1.54, 1.807) is 0 Å². The molecule has 11 nitrogen and oxygen atoms in total. The highest BCUT2D eigenvalue weighted by atomic mass is 79.9. The fourth-order valence-corrected chi connectivity index (χ4v) is 3.79. The van der Waals surface area contributed by atoms with Gasteiger partial charge in [-0.25, -0.2) is 4.79 Å². The minimum Gasteiger partial charge on any atom is -0.496 e. The van der Waals surface area contributed by atoms with Gasteiger partial charge in [-0.1, -0.05) is 13.8 Å². The van der Waals surface area contributed by atoms with Crippen molar-refractivity contribution < 1.29 is 39.5 Å². The van der Waals surface area contributed by atoms with E-state index in [4.69, 9.17) is 9.47 Å². The Bertz CT molecular complexity index is 807. The number of likely N-dealkylation sites (N-methyl/N-ethyl adjacent to an activating group) is 1. The number of aliphatic hydroxyl groups is 3. The highest BCUT2D eigenvalue weighted by molar-refractivity contribution is 9.10. The van der Waals surface area contributed by atoms with Crippen LogP contribution in [-0.4, -0.2) is 101 Å². The number of carboxylic acid groups (broad SMARTS) is 1. The zero-order valence-corrected chi connectivity index (χ0v) is 19.7. The lowest BCUT2D eigenvalue weighted by atomic mass is 9.98. The second kappa shape index (κ2) is 11.8. The van der Waals surface area contributed by atoms with Crippen LogP contribution >= 0.6 is 15.9 Å². The second-order valence-electron chi connectivity index (χ2n) is 7.25. The van der Waals surface area contributed by atoms with Gasteiger partial charge in [-0.15, -0.1) is 0 Å². The van der Waals surface area contributed by atoms with Crippen molar-refractivity contribution in [1.29, 1.82) is 0 Å². The number of anilines is 1. The Morgan fingerprint density at radius 3 is 2.38 bits per heavy atom. The number of aliphatic carboxylic acids is 1. The van der Waals surface area contributed by atoms with Gasteiger partial charge >= 0.3 is 5.97 Å². The molecule has 0 unspecified atom stereocenters. The fraction of sp³-hybridized carbons (Fsp3) is 0.600. The number of methoxy groups -OCH3 is 1. The number of aliphatic hydroxyl groups excluding tert-OH is 3.